The fraction of sp³-hybridized carbons (Fsp3) is 0.647. The maximum absolute atomic E-state index is 13.1. The number of thiophene rings is 1. The number of aliphatic hydroxyl groups excluding tert-OH is 1. The topological polar surface area (TPSA) is 62.1 Å². The molecule has 1 fully saturated rings. The molecule has 26 heavy (non-hydrogen) atoms. The average molecular weight is 390 g/mol. The Bertz CT molecular complexity index is 714. The number of oxime groups is 1. The van der Waals surface area contributed by atoms with Gasteiger partial charge in [-0.05, 0) is 30.9 Å². The fourth-order valence-corrected chi connectivity index (χ4v) is 4.57. The van der Waals surface area contributed by atoms with Crippen molar-refractivity contribution < 1.29 is 27.9 Å². The van der Waals surface area contributed by atoms with Crippen LogP contribution < -0.4 is 0 Å². The Morgan fingerprint density at radius 2 is 2.19 bits per heavy atom. The van der Waals surface area contributed by atoms with Crippen LogP contribution in [0.2, 0.25) is 0 Å². The number of likely N-dealkylation sites (tertiary alicyclic amines) is 1. The number of hydrogen-bond acceptors (Lipinski definition) is 5. The van der Waals surface area contributed by atoms with Crippen molar-refractivity contribution in [2.75, 3.05) is 19.7 Å². The molecule has 2 aliphatic heterocycles. The number of alkyl halides is 3. The van der Waals surface area contributed by atoms with Crippen molar-refractivity contribution in [3.05, 3.63) is 21.9 Å². The summed E-state index contributed by atoms with van der Waals surface area (Å²) in [5.74, 6) is -0.0877. The summed E-state index contributed by atoms with van der Waals surface area (Å²) >= 11 is 1.12. The van der Waals surface area contributed by atoms with Crippen LogP contribution in [0.15, 0.2) is 17.3 Å². The Kier molecular flexibility index (Phi) is 5.04. The number of amides is 1. The van der Waals surface area contributed by atoms with Crippen LogP contribution in [0, 0.1) is 11.3 Å². The van der Waals surface area contributed by atoms with Crippen molar-refractivity contribution in [1.29, 1.82) is 0 Å². The zero-order chi connectivity index (χ0) is 19.1. The van der Waals surface area contributed by atoms with Crippen molar-refractivity contribution in [3.63, 3.8) is 0 Å². The van der Waals surface area contributed by atoms with Gasteiger partial charge in [0.2, 0.25) is 6.10 Å². The van der Waals surface area contributed by atoms with E-state index >= 15 is 0 Å². The summed E-state index contributed by atoms with van der Waals surface area (Å²) in [6, 6.07) is 3.23. The molecule has 144 valence electrons. The van der Waals surface area contributed by atoms with E-state index in [1.807, 2.05) is 0 Å². The lowest BCUT2D eigenvalue weighted by Crippen LogP contribution is -2.43. The van der Waals surface area contributed by atoms with Crippen LogP contribution in [0.4, 0.5) is 13.2 Å². The van der Waals surface area contributed by atoms with Crippen molar-refractivity contribution >= 4 is 23.0 Å². The highest BCUT2D eigenvalue weighted by atomic mass is 32.1. The maximum atomic E-state index is 13.1. The standard InChI is InChI=1S/C17H21F3N2O3S/c1-16(2)13(21-25-15(16)17(18,19)20)11-5-6-12(26-11)14(24)22-7-3-4-10(8-22)9-23/h5-6,10,15,23H,3-4,7-9H2,1-2H3/t10-,15?/m0/s1. The molecule has 3 heterocycles. The van der Waals surface area contributed by atoms with Gasteiger partial charge >= 0.3 is 6.18 Å². The summed E-state index contributed by atoms with van der Waals surface area (Å²) in [5.41, 5.74) is -1.13. The maximum Gasteiger partial charge on any atom is 0.429 e. The number of nitrogens with zero attached hydrogens (tertiary/aromatic N) is 2. The van der Waals surface area contributed by atoms with E-state index in [9.17, 15) is 23.1 Å². The molecule has 1 saturated heterocycles. The SMILES string of the molecule is CC1(C)C(c2ccc(C(=O)N3CCC[C@H](CO)C3)s2)=NOC1C(F)(F)F. The molecule has 1 aromatic rings. The molecule has 0 spiro atoms. The first kappa shape index (κ1) is 19.2. The van der Waals surface area contributed by atoms with E-state index in [2.05, 4.69) is 9.99 Å². The van der Waals surface area contributed by atoms with Gasteiger partial charge in [-0.3, -0.25) is 4.79 Å². The molecular weight excluding hydrogens is 369 g/mol. The third kappa shape index (κ3) is 3.46. The molecule has 0 bridgehead atoms. The van der Waals surface area contributed by atoms with E-state index in [1.165, 1.54) is 13.8 Å². The lowest BCUT2D eigenvalue weighted by atomic mass is 9.81. The second-order valence-electron chi connectivity index (χ2n) is 7.29. The minimum Gasteiger partial charge on any atom is -0.396 e. The van der Waals surface area contributed by atoms with Crippen LogP contribution >= 0.6 is 11.3 Å². The summed E-state index contributed by atoms with van der Waals surface area (Å²) in [6.07, 6.45) is -4.80. The Balaban J connectivity index is 1.77. The Morgan fingerprint density at radius 1 is 1.46 bits per heavy atom. The van der Waals surface area contributed by atoms with Gasteiger partial charge in [-0.2, -0.15) is 13.2 Å². The first-order chi connectivity index (χ1) is 12.1. The third-order valence-electron chi connectivity index (χ3n) is 4.93. The number of carbonyl (C=O) groups excluding carboxylic acids is 1. The molecule has 2 atom stereocenters. The van der Waals surface area contributed by atoms with Crippen LogP contribution in [-0.2, 0) is 4.84 Å². The number of halogens is 3. The molecule has 0 saturated carbocycles. The first-order valence-electron chi connectivity index (χ1n) is 8.46. The van der Waals surface area contributed by atoms with Gasteiger partial charge in [0.05, 0.1) is 15.2 Å². The predicted octanol–water partition coefficient (Wildman–Crippen LogP) is 3.28. The lowest BCUT2D eigenvalue weighted by Gasteiger charge is -2.31. The summed E-state index contributed by atoms with van der Waals surface area (Å²) in [7, 11) is 0. The molecule has 0 aromatic carbocycles. The van der Waals surface area contributed by atoms with Gasteiger partial charge in [0.1, 0.15) is 5.71 Å². The molecule has 5 nitrogen and oxygen atoms in total. The Morgan fingerprint density at radius 3 is 2.81 bits per heavy atom. The zero-order valence-electron chi connectivity index (χ0n) is 14.5. The minimum atomic E-state index is -4.52. The summed E-state index contributed by atoms with van der Waals surface area (Å²) in [6.45, 7) is 4.03. The number of hydrogen-bond donors (Lipinski definition) is 1. The van der Waals surface area contributed by atoms with E-state index in [0.29, 0.717) is 22.8 Å². The van der Waals surface area contributed by atoms with Crippen molar-refractivity contribution in [3.8, 4) is 0 Å². The van der Waals surface area contributed by atoms with E-state index in [-0.39, 0.29) is 24.1 Å². The van der Waals surface area contributed by atoms with E-state index in [1.54, 1.807) is 17.0 Å². The smallest absolute Gasteiger partial charge is 0.396 e. The second-order valence-corrected chi connectivity index (χ2v) is 8.38. The largest absolute Gasteiger partial charge is 0.429 e. The molecule has 9 heteroatoms. The highest BCUT2D eigenvalue weighted by molar-refractivity contribution is 7.16. The normalized spacial score (nSPS) is 25.8. The van der Waals surface area contributed by atoms with Gasteiger partial charge in [0, 0.05) is 19.7 Å². The van der Waals surface area contributed by atoms with Crippen molar-refractivity contribution in [1.82, 2.24) is 4.90 Å². The minimum absolute atomic E-state index is 0.0423. The Hall–Kier alpha value is -1.61. The number of carbonyl (C=O) groups is 1. The molecule has 1 unspecified atom stereocenters. The highest BCUT2D eigenvalue weighted by Gasteiger charge is 2.57. The summed E-state index contributed by atoms with van der Waals surface area (Å²) < 4.78 is 39.3. The van der Waals surface area contributed by atoms with Crippen LogP contribution in [0.5, 0.6) is 0 Å². The predicted molar refractivity (Wildman–Crippen MR) is 91.3 cm³/mol. The number of aliphatic hydroxyl groups is 1. The molecule has 2 aliphatic rings. The average Bonchev–Trinajstić information content (AvgIpc) is 3.17. The monoisotopic (exact) mass is 390 g/mol. The van der Waals surface area contributed by atoms with E-state index in [4.69, 9.17) is 0 Å². The lowest BCUT2D eigenvalue weighted by molar-refractivity contribution is -0.232. The Labute approximate surface area is 153 Å². The van der Waals surface area contributed by atoms with Crippen LogP contribution in [0.3, 0.4) is 0 Å². The van der Waals surface area contributed by atoms with Crippen LogP contribution in [-0.4, -0.2) is 53.6 Å². The zero-order valence-corrected chi connectivity index (χ0v) is 15.4. The second kappa shape index (κ2) is 6.84. The van der Waals surface area contributed by atoms with Gasteiger partial charge in [0.15, 0.2) is 0 Å². The van der Waals surface area contributed by atoms with Crippen molar-refractivity contribution in [2.24, 2.45) is 16.5 Å². The summed E-state index contributed by atoms with van der Waals surface area (Å²) in [4.78, 5) is 20.0. The van der Waals surface area contributed by atoms with E-state index < -0.39 is 17.7 Å². The highest BCUT2D eigenvalue weighted by Crippen LogP contribution is 2.44. The van der Waals surface area contributed by atoms with Gasteiger partial charge in [-0.15, -0.1) is 11.3 Å². The van der Waals surface area contributed by atoms with Crippen molar-refractivity contribution in [2.45, 2.75) is 39.0 Å². The molecule has 1 amide bonds. The van der Waals surface area contributed by atoms with Crippen LogP contribution in [0.25, 0.3) is 0 Å². The van der Waals surface area contributed by atoms with Gasteiger partial charge in [-0.1, -0.05) is 19.0 Å². The summed E-state index contributed by atoms with van der Waals surface area (Å²) in [5, 5.41) is 13.0. The molecular formula is C17H21F3N2O3S. The van der Waals surface area contributed by atoms with Gasteiger partial charge in [0.25, 0.3) is 5.91 Å². The number of rotatable bonds is 3. The molecule has 0 aliphatic carbocycles. The first-order valence-corrected chi connectivity index (χ1v) is 9.27. The molecule has 3 rings (SSSR count). The molecule has 1 aromatic heterocycles. The molecule has 1 N–H and O–H groups in total. The third-order valence-corrected chi connectivity index (χ3v) is 6.01. The van der Waals surface area contributed by atoms with Gasteiger partial charge < -0.3 is 14.8 Å². The van der Waals surface area contributed by atoms with Crippen LogP contribution in [0.1, 0.15) is 41.2 Å². The fourth-order valence-electron chi connectivity index (χ4n) is 3.44. The molecule has 0 radical (unpaired) electrons. The quantitative estimate of drug-likeness (QED) is 0.862. The van der Waals surface area contributed by atoms with Gasteiger partial charge in [-0.25, -0.2) is 0 Å². The number of piperidine rings is 1. The van der Waals surface area contributed by atoms with E-state index in [0.717, 1.165) is 24.2 Å².